The Hall–Kier alpha value is -4.53. The number of ether oxygens (including phenoxy) is 1. The average molecular weight is 764 g/mol. The van der Waals surface area contributed by atoms with Gasteiger partial charge in [-0.3, -0.25) is 9.59 Å². The van der Waals surface area contributed by atoms with Crippen LogP contribution in [0.25, 0.3) is 6.08 Å². The molecule has 1 saturated heterocycles. The number of hydrogen-bond acceptors (Lipinski definition) is 10. The molecule has 6 rings (SSSR count). The van der Waals surface area contributed by atoms with Crippen LogP contribution in [-0.2, 0) is 16.0 Å². The number of nitrogens with one attached hydrogen (secondary N) is 1. The van der Waals surface area contributed by atoms with Crippen LogP contribution in [0, 0.1) is 29.6 Å². The van der Waals surface area contributed by atoms with Gasteiger partial charge in [0.15, 0.2) is 17.3 Å². The molecule has 2 aliphatic carbocycles. The van der Waals surface area contributed by atoms with Crippen LogP contribution in [0.5, 0.6) is 11.5 Å². The van der Waals surface area contributed by atoms with E-state index in [0.717, 1.165) is 55.3 Å². The highest BCUT2D eigenvalue weighted by Crippen LogP contribution is 2.38. The Morgan fingerprint density at radius 1 is 1.02 bits per heavy atom. The molecule has 0 unspecified atom stereocenters. The monoisotopic (exact) mass is 763 g/mol. The van der Waals surface area contributed by atoms with Gasteiger partial charge in [-0.1, -0.05) is 67.2 Å². The van der Waals surface area contributed by atoms with Crippen LogP contribution in [0.3, 0.4) is 0 Å². The normalized spacial score (nSPS) is 24.7. The van der Waals surface area contributed by atoms with Crippen LogP contribution in [-0.4, -0.2) is 75.0 Å². The number of carbonyl (C=O) groups excluding carboxylic acids is 2. The summed E-state index contributed by atoms with van der Waals surface area (Å²) in [5.74, 6) is 6.33. The number of methoxy groups -OCH3 is 1. The van der Waals surface area contributed by atoms with E-state index >= 15 is 0 Å². The summed E-state index contributed by atoms with van der Waals surface area (Å²) in [5, 5.41) is 48.9. The molecule has 3 aromatic rings. The Morgan fingerprint density at radius 2 is 1.84 bits per heavy atom. The third kappa shape index (κ3) is 10.9. The number of rotatable bonds is 15. The van der Waals surface area contributed by atoms with Crippen molar-refractivity contribution in [2.75, 3.05) is 19.4 Å². The summed E-state index contributed by atoms with van der Waals surface area (Å²) in [7, 11) is 1.46. The largest absolute Gasteiger partial charge is 0.504 e. The maximum atomic E-state index is 13.6. The summed E-state index contributed by atoms with van der Waals surface area (Å²) in [4.78, 5) is 29.6. The van der Waals surface area contributed by atoms with Crippen LogP contribution in [0.4, 0.5) is 5.82 Å². The first-order valence-corrected chi connectivity index (χ1v) is 20.2. The van der Waals surface area contributed by atoms with Gasteiger partial charge >= 0.3 is 0 Å². The number of phenolic OH excluding ortho intramolecular Hbond substituents is 1. The average Bonchev–Trinajstić information content (AvgIpc) is 3.25. The van der Waals surface area contributed by atoms with E-state index in [0.29, 0.717) is 60.7 Å². The van der Waals surface area contributed by atoms with Crippen molar-refractivity contribution in [2.24, 2.45) is 17.8 Å². The van der Waals surface area contributed by atoms with Gasteiger partial charge in [0.25, 0.3) is 0 Å². The van der Waals surface area contributed by atoms with E-state index < -0.39 is 30.1 Å². The van der Waals surface area contributed by atoms with Crippen molar-refractivity contribution in [3.05, 3.63) is 89.1 Å². The molecule has 56 heavy (non-hydrogen) atoms. The highest BCUT2D eigenvalue weighted by molar-refractivity contribution is 5.85. The number of nitrogens with two attached hydrogens (primary N) is 1. The first-order valence-electron chi connectivity index (χ1n) is 20.2. The number of hydrogen-bond donors (Lipinski definition) is 6. The van der Waals surface area contributed by atoms with Gasteiger partial charge in [-0.15, -0.1) is 0 Å². The van der Waals surface area contributed by atoms with Gasteiger partial charge < -0.3 is 36.2 Å². The molecule has 10 heteroatoms. The minimum Gasteiger partial charge on any atom is -0.504 e. The molecule has 2 heterocycles. The molecule has 1 aliphatic heterocycles. The second-order valence-corrected chi connectivity index (χ2v) is 16.0. The number of phenols is 1. The Labute approximate surface area is 330 Å². The lowest BCUT2D eigenvalue weighted by Gasteiger charge is -2.39. The molecular formula is C46H57N3O7. The van der Waals surface area contributed by atoms with Crippen molar-refractivity contribution in [2.45, 2.75) is 113 Å². The van der Waals surface area contributed by atoms with E-state index in [1.165, 1.54) is 7.11 Å². The summed E-state index contributed by atoms with van der Waals surface area (Å²) in [6.45, 7) is 0.913. The van der Waals surface area contributed by atoms with Gasteiger partial charge in [0.05, 0.1) is 25.4 Å². The standard InChI is InChI=1S/C46H57N3O7/c1-56-45-24-34-15-18-41(52)37(40(51)10-6-5-9-30-21-35-13-16-36(50)26-39(35)49-28-30)17-14-33(38(34)27-44(45)55)23-43(54)42(53)22-31(32-19-20-48-46(47)25-32)12-11-29-7-3-2-4-8-29/h2-4,7-8,11-12,19-20,24-25,27,30-31,33,35,37,39-40,42-43,49,51,53-55H,5-6,9-10,13,15-16,18,21-23,26,28H2,1H3,(H2,47,48)/b12-11+/t30-,31-,33-,35+,37+,39+,40+,42+,43-/m0/s1. The molecule has 2 aromatic carbocycles. The second kappa shape index (κ2) is 19.6. The molecule has 7 N–H and O–H groups in total. The number of nitrogen functional groups attached to an aromatic ring is 1. The molecule has 1 aromatic heterocycles. The van der Waals surface area contributed by atoms with Crippen molar-refractivity contribution in [3.8, 4) is 23.3 Å². The number of aromatic hydroxyl groups is 1. The van der Waals surface area contributed by atoms with Crippen molar-refractivity contribution < 1.29 is 34.8 Å². The molecule has 10 nitrogen and oxygen atoms in total. The summed E-state index contributed by atoms with van der Waals surface area (Å²) in [5.41, 5.74) is 9.27. The lowest BCUT2D eigenvalue weighted by atomic mass is 9.74. The van der Waals surface area contributed by atoms with Gasteiger partial charge in [0, 0.05) is 43.3 Å². The van der Waals surface area contributed by atoms with Crippen molar-refractivity contribution in [1.29, 1.82) is 0 Å². The number of aliphatic hydroxyl groups excluding tert-OH is 3. The molecule has 1 saturated carbocycles. The smallest absolute Gasteiger partial charge is 0.160 e. The van der Waals surface area contributed by atoms with Gasteiger partial charge in [-0.25, -0.2) is 4.98 Å². The summed E-state index contributed by atoms with van der Waals surface area (Å²) in [6, 6.07) is 17.0. The highest BCUT2D eigenvalue weighted by Gasteiger charge is 2.35. The van der Waals surface area contributed by atoms with Crippen LogP contribution >= 0.6 is 0 Å². The van der Waals surface area contributed by atoms with Crippen molar-refractivity contribution in [1.82, 2.24) is 10.3 Å². The molecule has 0 amide bonds. The number of carbonyl (C=O) groups is 2. The third-order valence-corrected chi connectivity index (χ3v) is 12.0. The maximum Gasteiger partial charge on any atom is 0.160 e. The minimum atomic E-state index is -1.21. The number of anilines is 1. The van der Waals surface area contributed by atoms with E-state index in [-0.39, 0.29) is 42.5 Å². The van der Waals surface area contributed by atoms with Crippen molar-refractivity contribution >= 4 is 23.5 Å². The number of ketones is 2. The Balaban J connectivity index is 1.15. The molecule has 3 aliphatic rings. The number of piperidine rings is 1. The first kappa shape index (κ1) is 41.1. The number of nitrogens with zero attached hydrogens (tertiary/aromatic N) is 1. The van der Waals surface area contributed by atoms with E-state index in [9.17, 15) is 30.0 Å². The fourth-order valence-electron chi connectivity index (χ4n) is 8.80. The lowest BCUT2D eigenvalue weighted by molar-refractivity contribution is -0.124. The molecule has 0 spiro atoms. The zero-order chi connectivity index (χ0) is 39.6. The Kier molecular flexibility index (Phi) is 14.4. The number of aryl methyl sites for hydroxylation is 1. The number of aromatic nitrogens is 1. The maximum absolute atomic E-state index is 13.6. The van der Waals surface area contributed by atoms with Gasteiger partial charge in [0.1, 0.15) is 17.5 Å². The number of unbranched alkanes of at least 4 members (excludes halogenated alkanes) is 1. The quantitative estimate of drug-likeness (QED) is 0.0812. The predicted molar refractivity (Wildman–Crippen MR) is 217 cm³/mol. The van der Waals surface area contributed by atoms with Gasteiger partial charge in [-0.05, 0) is 110 Å². The van der Waals surface area contributed by atoms with Crippen LogP contribution in [0.1, 0.15) is 105 Å². The second-order valence-electron chi connectivity index (χ2n) is 16.0. The lowest BCUT2D eigenvalue weighted by Crippen LogP contribution is -2.48. The Morgan fingerprint density at radius 3 is 2.62 bits per heavy atom. The number of pyridine rings is 1. The summed E-state index contributed by atoms with van der Waals surface area (Å²) in [6.07, 6.45) is 9.57. The Bertz CT molecular complexity index is 1890. The zero-order valence-electron chi connectivity index (χ0n) is 32.4. The predicted octanol–water partition coefficient (Wildman–Crippen LogP) is 5.86. The van der Waals surface area contributed by atoms with E-state index in [4.69, 9.17) is 10.5 Å². The zero-order valence-corrected chi connectivity index (χ0v) is 32.4. The number of aliphatic hydroxyl groups is 3. The fourth-order valence-corrected chi connectivity index (χ4v) is 8.80. The molecule has 298 valence electrons. The summed E-state index contributed by atoms with van der Waals surface area (Å²) >= 11 is 0. The topological polar surface area (TPSA) is 175 Å². The van der Waals surface area contributed by atoms with Crippen LogP contribution < -0.4 is 15.8 Å². The number of Topliss-reactive ketones (excluding diaryl/α,β-unsaturated/α-hetero) is 2. The number of allylic oxidation sites excluding steroid dienone is 1. The molecule has 0 radical (unpaired) electrons. The van der Waals surface area contributed by atoms with E-state index in [2.05, 4.69) is 22.1 Å². The molecule has 0 bridgehead atoms. The summed E-state index contributed by atoms with van der Waals surface area (Å²) < 4.78 is 5.40. The van der Waals surface area contributed by atoms with E-state index in [1.54, 1.807) is 24.4 Å². The van der Waals surface area contributed by atoms with Gasteiger partial charge in [0.2, 0.25) is 0 Å². The number of benzene rings is 2. The van der Waals surface area contributed by atoms with Gasteiger partial charge in [-0.2, -0.15) is 0 Å². The third-order valence-electron chi connectivity index (χ3n) is 12.0. The minimum absolute atomic E-state index is 0.0307. The van der Waals surface area contributed by atoms with Crippen LogP contribution in [0.2, 0.25) is 0 Å². The molecular weight excluding hydrogens is 707 g/mol. The SMILES string of the molecule is COc1cc2c(cc1O)[C@H](C[C@H](O)[C@H](O)C[C@H](/C=C/c1ccccc1)c1ccnc(N)c1)C#C[C@H]([C@H](O)CCCC[C@@H]1CN[C@@H]3CC(=O)CC[C@@H]3C1)C(=O)CC2. The molecule has 9 atom stereocenters. The first-order chi connectivity index (χ1) is 27.1. The fraction of sp³-hybridized carbons (Fsp3) is 0.500. The highest BCUT2D eigenvalue weighted by atomic mass is 16.5. The number of fused-ring (bicyclic) bond motifs is 2. The van der Waals surface area contributed by atoms with Crippen LogP contribution in [0.15, 0.2) is 66.9 Å². The van der Waals surface area contributed by atoms with Crippen molar-refractivity contribution in [3.63, 3.8) is 0 Å². The molecule has 2 fully saturated rings. The van der Waals surface area contributed by atoms with E-state index in [1.807, 2.05) is 48.6 Å².